The molecule has 0 fully saturated rings. The van der Waals surface area contributed by atoms with Crippen molar-refractivity contribution in [2.75, 3.05) is 30.3 Å². The minimum absolute atomic E-state index is 0.0754. The smallest absolute Gasteiger partial charge is 0.378 e. The molecule has 146 valence electrons. The average Bonchev–Trinajstić information content (AvgIpc) is 2.59. The lowest BCUT2D eigenvalue weighted by Crippen LogP contribution is -2.33. The van der Waals surface area contributed by atoms with Crippen LogP contribution >= 0.6 is 0 Å². The molecule has 0 bridgehead atoms. The number of nitrogens with one attached hydrogen (secondary N) is 2. The topological polar surface area (TPSA) is 78.5 Å². The van der Waals surface area contributed by atoms with E-state index in [4.69, 9.17) is 0 Å². The molecule has 0 heterocycles. The number of carbonyl (C=O) groups is 1. The highest BCUT2D eigenvalue weighted by atomic mass is 32.2. The zero-order valence-corrected chi connectivity index (χ0v) is 15.4. The van der Waals surface area contributed by atoms with E-state index in [-0.39, 0.29) is 10.5 Å². The zero-order valence-electron chi connectivity index (χ0n) is 14.5. The standard InChI is InChI=1S/C17H18F3N3O3S/c1-23(2)14-7-5-13(6-8-14)22-27(25,26)15-9-3-12(4-10-15)16(24)21-11-17(18,19)20/h3-10,22H,11H2,1-2H3,(H,21,24). The average molecular weight is 401 g/mol. The number of halogens is 3. The van der Waals surface area contributed by atoms with Crippen molar-refractivity contribution >= 4 is 27.3 Å². The van der Waals surface area contributed by atoms with Crippen LogP contribution in [0.25, 0.3) is 0 Å². The van der Waals surface area contributed by atoms with E-state index in [0.29, 0.717) is 5.69 Å². The molecule has 0 aromatic heterocycles. The Morgan fingerprint density at radius 3 is 2.04 bits per heavy atom. The highest BCUT2D eigenvalue weighted by molar-refractivity contribution is 7.92. The molecule has 0 spiro atoms. The first-order valence-electron chi connectivity index (χ1n) is 7.73. The number of sulfonamides is 1. The van der Waals surface area contributed by atoms with Crippen molar-refractivity contribution in [2.45, 2.75) is 11.1 Å². The molecule has 0 radical (unpaired) electrons. The summed E-state index contributed by atoms with van der Waals surface area (Å²) in [5, 5.41) is 1.72. The molecule has 0 aliphatic rings. The number of amides is 1. The van der Waals surface area contributed by atoms with Crippen LogP contribution in [0.5, 0.6) is 0 Å². The summed E-state index contributed by atoms with van der Waals surface area (Å²) in [7, 11) is -0.194. The summed E-state index contributed by atoms with van der Waals surface area (Å²) in [6.45, 7) is -1.46. The van der Waals surface area contributed by atoms with Crippen LogP contribution in [-0.4, -0.2) is 41.1 Å². The third-order valence-electron chi connectivity index (χ3n) is 3.51. The first-order chi connectivity index (χ1) is 12.5. The molecule has 2 aromatic carbocycles. The van der Waals surface area contributed by atoms with Gasteiger partial charge in [-0.2, -0.15) is 13.2 Å². The van der Waals surface area contributed by atoms with Gasteiger partial charge in [-0.05, 0) is 48.5 Å². The van der Waals surface area contributed by atoms with Crippen molar-refractivity contribution in [3.8, 4) is 0 Å². The molecule has 0 aliphatic heterocycles. The Balaban J connectivity index is 2.09. The van der Waals surface area contributed by atoms with Gasteiger partial charge in [-0.25, -0.2) is 8.42 Å². The van der Waals surface area contributed by atoms with Crippen LogP contribution in [0.15, 0.2) is 53.4 Å². The fourth-order valence-electron chi connectivity index (χ4n) is 2.11. The van der Waals surface area contributed by atoms with Crippen molar-refractivity contribution in [3.05, 3.63) is 54.1 Å². The van der Waals surface area contributed by atoms with E-state index in [1.54, 1.807) is 29.6 Å². The lowest BCUT2D eigenvalue weighted by molar-refractivity contribution is -0.123. The molecule has 10 heteroatoms. The maximum absolute atomic E-state index is 12.4. The van der Waals surface area contributed by atoms with Crippen LogP contribution in [0.1, 0.15) is 10.4 Å². The van der Waals surface area contributed by atoms with Crippen LogP contribution in [-0.2, 0) is 10.0 Å². The van der Waals surface area contributed by atoms with Gasteiger partial charge in [0.15, 0.2) is 0 Å². The van der Waals surface area contributed by atoms with Crippen molar-refractivity contribution in [1.82, 2.24) is 5.32 Å². The van der Waals surface area contributed by atoms with Crippen molar-refractivity contribution < 1.29 is 26.4 Å². The fraction of sp³-hybridized carbons (Fsp3) is 0.235. The summed E-state index contributed by atoms with van der Waals surface area (Å²) < 4.78 is 63.5. The first kappa shape index (κ1) is 20.6. The number of alkyl halides is 3. The SMILES string of the molecule is CN(C)c1ccc(NS(=O)(=O)c2ccc(C(=O)NCC(F)(F)F)cc2)cc1. The number of anilines is 2. The maximum atomic E-state index is 12.4. The second-order valence-electron chi connectivity index (χ2n) is 5.87. The molecule has 0 saturated heterocycles. The summed E-state index contributed by atoms with van der Waals surface area (Å²) in [6, 6.07) is 11.3. The first-order valence-corrected chi connectivity index (χ1v) is 9.21. The predicted molar refractivity (Wildman–Crippen MR) is 96.4 cm³/mol. The van der Waals surface area contributed by atoms with Crippen LogP contribution in [0.3, 0.4) is 0 Å². The molecule has 0 unspecified atom stereocenters. The Labute approximate surface area is 155 Å². The Morgan fingerprint density at radius 2 is 1.56 bits per heavy atom. The monoisotopic (exact) mass is 401 g/mol. The molecule has 2 N–H and O–H groups in total. The minimum atomic E-state index is -4.52. The van der Waals surface area contributed by atoms with Crippen molar-refractivity contribution in [1.29, 1.82) is 0 Å². The molecular formula is C17H18F3N3O3S. The summed E-state index contributed by atoms with van der Waals surface area (Å²) in [5.74, 6) is -0.941. The van der Waals surface area contributed by atoms with Gasteiger partial charge in [0.2, 0.25) is 0 Å². The molecule has 6 nitrogen and oxygen atoms in total. The molecule has 1 amide bonds. The van der Waals surface area contributed by atoms with Crippen LogP contribution in [0, 0.1) is 0 Å². The quantitative estimate of drug-likeness (QED) is 0.780. The van der Waals surface area contributed by atoms with E-state index in [1.165, 1.54) is 0 Å². The van der Waals surface area contributed by atoms with Crippen LogP contribution in [0.4, 0.5) is 24.5 Å². The molecular weight excluding hydrogens is 383 g/mol. The third-order valence-corrected chi connectivity index (χ3v) is 4.91. The van der Waals surface area contributed by atoms with Gasteiger partial charge in [-0.3, -0.25) is 9.52 Å². The minimum Gasteiger partial charge on any atom is -0.378 e. The number of rotatable bonds is 6. The summed E-state index contributed by atoms with van der Waals surface area (Å²) in [5.41, 5.74) is 1.17. The largest absolute Gasteiger partial charge is 0.405 e. The molecule has 2 aromatic rings. The van der Waals surface area contributed by atoms with E-state index < -0.39 is 28.7 Å². The van der Waals surface area contributed by atoms with Gasteiger partial charge in [0.1, 0.15) is 6.54 Å². The highest BCUT2D eigenvalue weighted by Gasteiger charge is 2.28. The summed E-state index contributed by atoms with van der Waals surface area (Å²) in [6.07, 6.45) is -4.52. The van der Waals surface area contributed by atoms with Gasteiger partial charge >= 0.3 is 6.18 Å². The lowest BCUT2D eigenvalue weighted by Gasteiger charge is -2.13. The Hall–Kier alpha value is -2.75. The van der Waals surface area contributed by atoms with Gasteiger partial charge in [0.05, 0.1) is 4.90 Å². The van der Waals surface area contributed by atoms with Gasteiger partial charge in [-0.1, -0.05) is 0 Å². The van der Waals surface area contributed by atoms with Gasteiger partial charge in [0, 0.05) is 31.0 Å². The highest BCUT2D eigenvalue weighted by Crippen LogP contribution is 2.20. The van der Waals surface area contributed by atoms with E-state index in [0.717, 1.165) is 30.0 Å². The Morgan fingerprint density at radius 1 is 1.00 bits per heavy atom. The van der Waals surface area contributed by atoms with E-state index in [9.17, 15) is 26.4 Å². The zero-order chi connectivity index (χ0) is 20.2. The van der Waals surface area contributed by atoms with Crippen LogP contribution in [0.2, 0.25) is 0 Å². The predicted octanol–water partition coefficient (Wildman–Crippen LogP) is 2.85. The second kappa shape index (κ2) is 7.87. The van der Waals surface area contributed by atoms with Gasteiger partial charge in [-0.15, -0.1) is 0 Å². The fourth-order valence-corrected chi connectivity index (χ4v) is 3.17. The van der Waals surface area contributed by atoms with Gasteiger partial charge < -0.3 is 10.2 Å². The third kappa shape index (κ3) is 5.88. The van der Waals surface area contributed by atoms with Crippen LogP contribution < -0.4 is 14.9 Å². The maximum Gasteiger partial charge on any atom is 0.405 e. The number of nitrogens with zero attached hydrogens (tertiary/aromatic N) is 1. The van der Waals surface area contributed by atoms with E-state index >= 15 is 0 Å². The van der Waals surface area contributed by atoms with Gasteiger partial charge in [0.25, 0.3) is 15.9 Å². The second-order valence-corrected chi connectivity index (χ2v) is 7.55. The van der Waals surface area contributed by atoms with E-state index in [1.807, 2.05) is 19.0 Å². The summed E-state index contributed by atoms with van der Waals surface area (Å²) in [4.78, 5) is 13.4. The van der Waals surface area contributed by atoms with E-state index in [2.05, 4.69) is 4.72 Å². The number of carbonyl (C=O) groups excluding carboxylic acids is 1. The molecule has 0 atom stereocenters. The lowest BCUT2D eigenvalue weighted by atomic mass is 10.2. The molecule has 27 heavy (non-hydrogen) atoms. The normalized spacial score (nSPS) is 11.7. The van der Waals surface area contributed by atoms with Crippen molar-refractivity contribution in [3.63, 3.8) is 0 Å². The Bertz CT molecular complexity index is 894. The number of hydrogen-bond acceptors (Lipinski definition) is 4. The molecule has 0 saturated carbocycles. The number of hydrogen-bond donors (Lipinski definition) is 2. The number of benzene rings is 2. The molecule has 2 rings (SSSR count). The summed E-state index contributed by atoms with van der Waals surface area (Å²) >= 11 is 0. The Kier molecular flexibility index (Phi) is 5.99. The van der Waals surface area contributed by atoms with Crippen molar-refractivity contribution in [2.24, 2.45) is 0 Å². The molecule has 0 aliphatic carbocycles.